The molecule has 5 heteroatoms. The zero-order valence-electron chi connectivity index (χ0n) is 12.2. The van der Waals surface area contributed by atoms with Crippen LogP contribution in [0.15, 0.2) is 72.2 Å². The van der Waals surface area contributed by atoms with E-state index >= 15 is 0 Å². The summed E-state index contributed by atoms with van der Waals surface area (Å²) in [6.45, 7) is 0. The molecule has 22 heavy (non-hydrogen) atoms. The lowest BCUT2D eigenvalue weighted by molar-refractivity contribution is 0.0955. The smallest absolute Gasteiger partial charge is 0.271 e. The van der Waals surface area contributed by atoms with E-state index in [9.17, 15) is 4.79 Å². The minimum absolute atomic E-state index is 0.232. The van der Waals surface area contributed by atoms with Crippen LogP contribution >= 0.6 is 0 Å². The maximum atomic E-state index is 12.0. The van der Waals surface area contributed by atoms with E-state index in [1.54, 1.807) is 18.3 Å². The lowest BCUT2D eigenvalue weighted by atomic mass is 10.2. The maximum absolute atomic E-state index is 12.0. The van der Waals surface area contributed by atoms with Crippen LogP contribution in [0.3, 0.4) is 0 Å². The van der Waals surface area contributed by atoms with Crippen molar-refractivity contribution in [3.63, 3.8) is 0 Å². The van der Waals surface area contributed by atoms with E-state index in [0.29, 0.717) is 5.56 Å². The van der Waals surface area contributed by atoms with Gasteiger partial charge in [-0.2, -0.15) is 5.10 Å². The summed E-state index contributed by atoms with van der Waals surface area (Å²) in [4.78, 5) is 12.0. The largest absolute Gasteiger partial charge is 0.350 e. The fraction of sp³-hybridized carbons (Fsp3) is 0.0588. The Hall–Kier alpha value is -3.08. The standard InChI is InChI=1S/C17H16N4O/c1-20-10-4-5-16(20)13-18-19-17(22)14-6-8-15(9-7-14)21-11-2-3-12-21/h2-13H,1H3,(H,19,22)/b18-13+. The van der Waals surface area contributed by atoms with Crippen LogP contribution in [0.1, 0.15) is 16.1 Å². The van der Waals surface area contributed by atoms with Gasteiger partial charge in [-0.05, 0) is 48.5 Å². The maximum Gasteiger partial charge on any atom is 0.271 e. The Bertz CT molecular complexity index is 782. The monoisotopic (exact) mass is 292 g/mol. The first kappa shape index (κ1) is 13.9. The van der Waals surface area contributed by atoms with E-state index in [1.807, 2.05) is 71.2 Å². The summed E-state index contributed by atoms with van der Waals surface area (Å²) in [5.41, 5.74) is 5.03. The van der Waals surface area contributed by atoms with Crippen molar-refractivity contribution in [1.82, 2.24) is 14.6 Å². The molecule has 0 saturated carbocycles. The van der Waals surface area contributed by atoms with Gasteiger partial charge in [0.25, 0.3) is 5.91 Å². The fourth-order valence-corrected chi connectivity index (χ4v) is 2.12. The summed E-state index contributed by atoms with van der Waals surface area (Å²) in [5.74, 6) is -0.232. The SMILES string of the molecule is Cn1cccc1/C=N/NC(=O)c1ccc(-n2cccc2)cc1. The third-order valence-corrected chi connectivity index (χ3v) is 3.38. The first-order valence-electron chi connectivity index (χ1n) is 6.92. The predicted octanol–water partition coefficient (Wildman–Crippen LogP) is 2.58. The predicted molar refractivity (Wildman–Crippen MR) is 86.2 cm³/mol. The Labute approximate surface area is 128 Å². The van der Waals surface area contributed by atoms with Crippen molar-refractivity contribution in [3.05, 3.63) is 78.4 Å². The average Bonchev–Trinajstić information content (AvgIpc) is 3.20. The molecule has 1 aromatic carbocycles. The number of hydrazone groups is 1. The zero-order chi connectivity index (χ0) is 15.4. The Morgan fingerprint density at radius 3 is 2.41 bits per heavy atom. The molecule has 1 amide bonds. The van der Waals surface area contributed by atoms with Gasteiger partial charge in [0, 0.05) is 36.9 Å². The molecular formula is C17H16N4O. The summed E-state index contributed by atoms with van der Waals surface area (Å²) in [6, 6.07) is 15.1. The Morgan fingerprint density at radius 1 is 1.05 bits per heavy atom. The highest BCUT2D eigenvalue weighted by atomic mass is 16.2. The van der Waals surface area contributed by atoms with Gasteiger partial charge in [0.15, 0.2) is 0 Å². The van der Waals surface area contributed by atoms with E-state index < -0.39 is 0 Å². The van der Waals surface area contributed by atoms with Gasteiger partial charge in [0.05, 0.1) is 11.9 Å². The molecule has 3 aromatic rings. The second-order valence-corrected chi connectivity index (χ2v) is 4.88. The molecule has 0 aliphatic heterocycles. The number of benzene rings is 1. The van der Waals surface area contributed by atoms with Crippen LogP contribution in [-0.2, 0) is 7.05 Å². The van der Waals surface area contributed by atoms with Crippen molar-refractivity contribution in [3.8, 4) is 5.69 Å². The number of aromatic nitrogens is 2. The highest BCUT2D eigenvalue weighted by Crippen LogP contribution is 2.10. The van der Waals surface area contributed by atoms with Crippen LogP contribution in [0.5, 0.6) is 0 Å². The van der Waals surface area contributed by atoms with Crippen molar-refractivity contribution in [2.24, 2.45) is 12.1 Å². The number of rotatable bonds is 4. The minimum Gasteiger partial charge on any atom is -0.350 e. The molecule has 0 spiro atoms. The number of hydrogen-bond donors (Lipinski definition) is 1. The van der Waals surface area contributed by atoms with Crippen LogP contribution in [0.4, 0.5) is 0 Å². The van der Waals surface area contributed by atoms with Crippen molar-refractivity contribution >= 4 is 12.1 Å². The zero-order valence-corrected chi connectivity index (χ0v) is 12.2. The van der Waals surface area contributed by atoms with Gasteiger partial charge in [-0.1, -0.05) is 0 Å². The van der Waals surface area contributed by atoms with Crippen LogP contribution in [0.25, 0.3) is 5.69 Å². The fourth-order valence-electron chi connectivity index (χ4n) is 2.12. The lowest BCUT2D eigenvalue weighted by Gasteiger charge is -2.04. The lowest BCUT2D eigenvalue weighted by Crippen LogP contribution is -2.17. The van der Waals surface area contributed by atoms with E-state index in [0.717, 1.165) is 11.4 Å². The van der Waals surface area contributed by atoms with Crippen molar-refractivity contribution < 1.29 is 4.79 Å². The number of aryl methyl sites for hydroxylation is 1. The highest BCUT2D eigenvalue weighted by molar-refractivity contribution is 5.94. The van der Waals surface area contributed by atoms with Gasteiger partial charge in [-0.25, -0.2) is 5.43 Å². The number of carbonyl (C=O) groups is 1. The normalized spacial score (nSPS) is 11.0. The third-order valence-electron chi connectivity index (χ3n) is 3.38. The molecule has 0 bridgehead atoms. The third kappa shape index (κ3) is 2.98. The second kappa shape index (κ2) is 6.13. The number of carbonyl (C=O) groups excluding carboxylic acids is 1. The summed E-state index contributed by atoms with van der Waals surface area (Å²) in [6.07, 6.45) is 7.45. The molecule has 110 valence electrons. The van der Waals surface area contributed by atoms with Crippen LogP contribution in [0.2, 0.25) is 0 Å². The minimum atomic E-state index is -0.232. The summed E-state index contributed by atoms with van der Waals surface area (Å²) in [5, 5.41) is 3.97. The van der Waals surface area contributed by atoms with E-state index in [1.165, 1.54) is 0 Å². The van der Waals surface area contributed by atoms with E-state index in [-0.39, 0.29) is 5.91 Å². The number of amides is 1. The molecular weight excluding hydrogens is 276 g/mol. The van der Waals surface area contributed by atoms with Gasteiger partial charge in [-0.15, -0.1) is 0 Å². The number of nitrogens with one attached hydrogen (secondary N) is 1. The topological polar surface area (TPSA) is 51.3 Å². The van der Waals surface area contributed by atoms with Gasteiger partial charge in [0.2, 0.25) is 0 Å². The number of hydrogen-bond acceptors (Lipinski definition) is 2. The highest BCUT2D eigenvalue weighted by Gasteiger charge is 2.04. The van der Waals surface area contributed by atoms with Crippen LogP contribution < -0.4 is 5.43 Å². The second-order valence-electron chi connectivity index (χ2n) is 4.88. The molecule has 1 N–H and O–H groups in total. The van der Waals surface area contributed by atoms with Gasteiger partial charge in [0.1, 0.15) is 0 Å². The van der Waals surface area contributed by atoms with E-state index in [4.69, 9.17) is 0 Å². The van der Waals surface area contributed by atoms with Crippen molar-refractivity contribution in [2.75, 3.05) is 0 Å². The Morgan fingerprint density at radius 2 is 1.77 bits per heavy atom. The molecule has 0 saturated heterocycles. The van der Waals surface area contributed by atoms with Crippen molar-refractivity contribution in [1.29, 1.82) is 0 Å². The van der Waals surface area contributed by atoms with Gasteiger partial charge in [-0.3, -0.25) is 4.79 Å². The van der Waals surface area contributed by atoms with Crippen LogP contribution in [0, 0.1) is 0 Å². The molecule has 0 unspecified atom stereocenters. The summed E-state index contributed by atoms with van der Waals surface area (Å²) in [7, 11) is 1.92. The Kier molecular flexibility index (Phi) is 3.87. The molecule has 0 atom stereocenters. The molecule has 2 aromatic heterocycles. The van der Waals surface area contributed by atoms with Gasteiger partial charge >= 0.3 is 0 Å². The molecule has 2 heterocycles. The molecule has 0 aliphatic carbocycles. The summed E-state index contributed by atoms with van der Waals surface area (Å²) >= 11 is 0. The summed E-state index contributed by atoms with van der Waals surface area (Å²) < 4.78 is 3.90. The molecule has 0 fully saturated rings. The van der Waals surface area contributed by atoms with E-state index in [2.05, 4.69) is 10.5 Å². The van der Waals surface area contributed by atoms with Crippen LogP contribution in [-0.4, -0.2) is 21.3 Å². The average molecular weight is 292 g/mol. The first-order chi connectivity index (χ1) is 10.7. The quantitative estimate of drug-likeness (QED) is 0.583. The molecule has 3 rings (SSSR count). The molecule has 0 radical (unpaired) electrons. The number of nitrogens with zero attached hydrogens (tertiary/aromatic N) is 3. The van der Waals surface area contributed by atoms with Gasteiger partial charge < -0.3 is 9.13 Å². The first-order valence-corrected chi connectivity index (χ1v) is 6.92. The molecule has 5 nitrogen and oxygen atoms in total. The molecule has 0 aliphatic rings. The van der Waals surface area contributed by atoms with Crippen molar-refractivity contribution in [2.45, 2.75) is 0 Å². The Balaban J connectivity index is 1.65.